The molecule has 0 amide bonds. The van der Waals surface area contributed by atoms with Crippen LogP contribution in [0, 0.1) is 11.3 Å². The summed E-state index contributed by atoms with van der Waals surface area (Å²) in [6.07, 6.45) is 3.72. The molecule has 0 aromatic heterocycles. The lowest BCUT2D eigenvalue weighted by Crippen LogP contribution is -2.39. The van der Waals surface area contributed by atoms with Crippen molar-refractivity contribution in [3.63, 3.8) is 0 Å². The van der Waals surface area contributed by atoms with E-state index in [0.717, 1.165) is 25.7 Å². The van der Waals surface area contributed by atoms with Gasteiger partial charge in [-0.05, 0) is 38.5 Å². The van der Waals surface area contributed by atoms with E-state index in [9.17, 15) is 9.90 Å². The first kappa shape index (κ1) is 9.91. The fraction of sp³-hybridized carbons (Fsp3) is 0.750. The summed E-state index contributed by atoms with van der Waals surface area (Å²) in [6, 6.07) is 0. The lowest BCUT2D eigenvalue weighted by atomic mass is 9.72. The summed E-state index contributed by atoms with van der Waals surface area (Å²) in [4.78, 5) is 12.0. The number of aliphatic hydroxyl groups is 1. The molecular formula is C12H18O2. The molecule has 0 radical (unpaired) electrons. The van der Waals surface area contributed by atoms with Crippen LogP contribution in [0.2, 0.25) is 0 Å². The average molecular weight is 194 g/mol. The van der Waals surface area contributed by atoms with Crippen molar-refractivity contribution in [2.24, 2.45) is 11.3 Å². The molecular weight excluding hydrogens is 176 g/mol. The Balaban J connectivity index is 2.39. The number of carbonyl (C=O) groups is 1. The number of aliphatic hydroxyl groups excluding tert-OH is 1. The molecule has 3 unspecified atom stereocenters. The summed E-state index contributed by atoms with van der Waals surface area (Å²) in [7, 11) is 0. The van der Waals surface area contributed by atoms with Crippen LogP contribution in [0.5, 0.6) is 0 Å². The molecule has 0 aromatic carbocycles. The summed E-state index contributed by atoms with van der Waals surface area (Å²) < 4.78 is 0. The molecule has 2 rings (SSSR count). The van der Waals surface area contributed by atoms with Gasteiger partial charge in [-0.3, -0.25) is 4.79 Å². The molecule has 2 nitrogen and oxygen atoms in total. The third-order valence-electron chi connectivity index (χ3n) is 4.14. The number of carbonyl (C=O) groups excluding carboxylic acids is 1. The van der Waals surface area contributed by atoms with Gasteiger partial charge in [-0.25, -0.2) is 0 Å². The lowest BCUT2D eigenvalue weighted by Gasteiger charge is -2.32. The summed E-state index contributed by atoms with van der Waals surface area (Å²) in [6.45, 7) is 5.99. The zero-order valence-electron chi connectivity index (χ0n) is 8.75. The van der Waals surface area contributed by atoms with Gasteiger partial charge in [0, 0.05) is 6.42 Å². The lowest BCUT2D eigenvalue weighted by molar-refractivity contribution is -0.134. The van der Waals surface area contributed by atoms with E-state index in [2.05, 4.69) is 6.58 Å². The highest BCUT2D eigenvalue weighted by molar-refractivity contribution is 5.86. The van der Waals surface area contributed by atoms with Gasteiger partial charge in [0.2, 0.25) is 0 Å². The summed E-state index contributed by atoms with van der Waals surface area (Å²) in [5.74, 6) is 0.471. The molecule has 2 heteroatoms. The van der Waals surface area contributed by atoms with E-state index in [-0.39, 0.29) is 11.7 Å². The Morgan fingerprint density at radius 1 is 1.43 bits per heavy atom. The minimum absolute atomic E-state index is 0.229. The average Bonchev–Trinajstić information content (AvgIpc) is 2.39. The Morgan fingerprint density at radius 3 is 2.86 bits per heavy atom. The number of allylic oxidation sites excluding steroid dienone is 1. The van der Waals surface area contributed by atoms with Gasteiger partial charge in [0.15, 0.2) is 0 Å². The van der Waals surface area contributed by atoms with Crippen LogP contribution in [0.15, 0.2) is 12.2 Å². The summed E-state index contributed by atoms with van der Waals surface area (Å²) >= 11 is 0. The topological polar surface area (TPSA) is 37.3 Å². The first-order chi connectivity index (χ1) is 6.56. The van der Waals surface area contributed by atoms with E-state index in [0.29, 0.717) is 6.42 Å². The Labute approximate surface area is 85.0 Å². The van der Waals surface area contributed by atoms with Crippen molar-refractivity contribution in [1.29, 1.82) is 0 Å². The number of fused-ring (bicyclic) bond motifs is 1. The Bertz CT molecular complexity index is 282. The fourth-order valence-corrected chi connectivity index (χ4v) is 3.08. The molecule has 0 heterocycles. The minimum Gasteiger partial charge on any atom is -0.392 e. The number of Topliss-reactive ketones (excluding diaryl/α,β-unsaturated/α-hetero) is 1. The van der Waals surface area contributed by atoms with Crippen molar-refractivity contribution < 1.29 is 9.90 Å². The fourth-order valence-electron chi connectivity index (χ4n) is 3.08. The number of rotatable bonds is 0. The van der Waals surface area contributed by atoms with Crippen LogP contribution >= 0.6 is 0 Å². The molecule has 1 N–H and O–H groups in total. The molecule has 2 fully saturated rings. The Kier molecular flexibility index (Phi) is 2.26. The molecule has 0 aromatic rings. The van der Waals surface area contributed by atoms with E-state index in [1.807, 2.05) is 6.92 Å². The van der Waals surface area contributed by atoms with Crippen molar-refractivity contribution >= 4 is 5.78 Å². The predicted molar refractivity (Wildman–Crippen MR) is 54.8 cm³/mol. The highest BCUT2D eigenvalue weighted by atomic mass is 16.3. The smallest absolute Gasteiger partial charge is 0.141 e. The molecule has 0 bridgehead atoms. The monoisotopic (exact) mass is 194 g/mol. The first-order valence-corrected chi connectivity index (χ1v) is 5.46. The second-order valence-electron chi connectivity index (χ2n) is 4.86. The SMILES string of the molecule is C=C1CCCC(=O)C2(C)C(O)CCC12. The Morgan fingerprint density at radius 2 is 2.14 bits per heavy atom. The van der Waals surface area contributed by atoms with E-state index < -0.39 is 11.5 Å². The zero-order valence-corrected chi connectivity index (χ0v) is 8.75. The maximum absolute atomic E-state index is 12.0. The number of hydrogen-bond donors (Lipinski definition) is 1. The van der Waals surface area contributed by atoms with E-state index >= 15 is 0 Å². The predicted octanol–water partition coefficient (Wildman–Crippen LogP) is 2.07. The molecule has 3 atom stereocenters. The number of ketones is 1. The van der Waals surface area contributed by atoms with Gasteiger partial charge < -0.3 is 5.11 Å². The van der Waals surface area contributed by atoms with Crippen LogP contribution in [0.25, 0.3) is 0 Å². The van der Waals surface area contributed by atoms with Gasteiger partial charge in [-0.15, -0.1) is 0 Å². The molecule has 0 spiro atoms. The van der Waals surface area contributed by atoms with Crippen LogP contribution in [0.1, 0.15) is 39.0 Å². The van der Waals surface area contributed by atoms with Gasteiger partial charge in [0.1, 0.15) is 5.78 Å². The summed E-state index contributed by atoms with van der Waals surface area (Å²) in [5.41, 5.74) is 0.656. The molecule has 2 saturated carbocycles. The van der Waals surface area contributed by atoms with Crippen LogP contribution in [0.3, 0.4) is 0 Å². The minimum atomic E-state index is -0.520. The maximum atomic E-state index is 12.0. The standard InChI is InChI=1S/C12H18O2/c1-8-4-3-5-10(13)12(2)9(8)6-7-11(12)14/h9,11,14H,1,3-7H2,2H3. The first-order valence-electron chi connectivity index (χ1n) is 5.46. The van der Waals surface area contributed by atoms with Crippen LogP contribution in [0.4, 0.5) is 0 Å². The van der Waals surface area contributed by atoms with Crippen molar-refractivity contribution in [3.05, 3.63) is 12.2 Å². The quantitative estimate of drug-likeness (QED) is 0.599. The van der Waals surface area contributed by atoms with Gasteiger partial charge in [-0.1, -0.05) is 12.2 Å². The normalized spacial score (nSPS) is 43.6. The largest absolute Gasteiger partial charge is 0.392 e. The molecule has 0 aliphatic heterocycles. The Hall–Kier alpha value is -0.630. The third kappa shape index (κ3) is 1.17. The second-order valence-corrected chi connectivity index (χ2v) is 4.86. The maximum Gasteiger partial charge on any atom is 0.141 e. The zero-order chi connectivity index (χ0) is 10.3. The van der Waals surface area contributed by atoms with Crippen LogP contribution in [-0.4, -0.2) is 17.0 Å². The molecule has 2 aliphatic carbocycles. The summed E-state index contributed by atoms with van der Waals surface area (Å²) in [5, 5.41) is 9.93. The third-order valence-corrected chi connectivity index (χ3v) is 4.14. The van der Waals surface area contributed by atoms with E-state index in [1.54, 1.807) is 0 Å². The molecule has 2 aliphatic rings. The van der Waals surface area contributed by atoms with Crippen molar-refractivity contribution in [2.75, 3.05) is 0 Å². The molecule has 0 saturated heterocycles. The highest BCUT2D eigenvalue weighted by Crippen LogP contribution is 2.50. The molecule has 78 valence electrons. The number of hydrogen-bond acceptors (Lipinski definition) is 2. The van der Waals surface area contributed by atoms with Crippen molar-refractivity contribution in [3.8, 4) is 0 Å². The van der Waals surface area contributed by atoms with Crippen LogP contribution < -0.4 is 0 Å². The van der Waals surface area contributed by atoms with Crippen molar-refractivity contribution in [2.45, 2.75) is 45.1 Å². The van der Waals surface area contributed by atoms with E-state index in [1.165, 1.54) is 5.57 Å². The van der Waals surface area contributed by atoms with Gasteiger partial charge in [0.05, 0.1) is 11.5 Å². The molecule has 14 heavy (non-hydrogen) atoms. The highest BCUT2D eigenvalue weighted by Gasteiger charge is 2.52. The second kappa shape index (κ2) is 3.20. The van der Waals surface area contributed by atoms with E-state index in [4.69, 9.17) is 0 Å². The van der Waals surface area contributed by atoms with Crippen LogP contribution in [-0.2, 0) is 4.79 Å². The van der Waals surface area contributed by atoms with Gasteiger partial charge >= 0.3 is 0 Å². The van der Waals surface area contributed by atoms with Gasteiger partial charge in [0.25, 0.3) is 0 Å². The van der Waals surface area contributed by atoms with Gasteiger partial charge in [-0.2, -0.15) is 0 Å². The van der Waals surface area contributed by atoms with Crippen molar-refractivity contribution in [1.82, 2.24) is 0 Å².